The van der Waals surface area contributed by atoms with Crippen LogP contribution in [0.1, 0.15) is 18.5 Å². The van der Waals surface area contributed by atoms with Gasteiger partial charge in [0.1, 0.15) is 6.04 Å². The molecule has 0 bridgehead atoms. The molecule has 2 aromatic carbocycles. The predicted octanol–water partition coefficient (Wildman–Crippen LogP) is 2.69. The third-order valence-electron chi connectivity index (χ3n) is 4.71. The highest BCUT2D eigenvalue weighted by atomic mass is 16.5. The molecule has 2 aromatic rings. The molecule has 1 aliphatic heterocycles. The van der Waals surface area contributed by atoms with Crippen LogP contribution in [0.5, 0.6) is 0 Å². The first-order valence-corrected chi connectivity index (χ1v) is 9.35. The van der Waals surface area contributed by atoms with Crippen LogP contribution < -0.4 is 11.1 Å². The zero-order chi connectivity index (χ0) is 19.1. The van der Waals surface area contributed by atoms with Gasteiger partial charge in [-0.15, -0.1) is 0 Å². The SMILES string of the molecule is CCOC(=O)[C@@H]([C@@H](Nc1ccccc1N)c1ccccc1)N1CCOCC1. The van der Waals surface area contributed by atoms with Gasteiger partial charge in [-0.1, -0.05) is 42.5 Å². The van der Waals surface area contributed by atoms with E-state index in [1.54, 1.807) is 0 Å². The number of nitrogens with one attached hydrogen (secondary N) is 1. The Morgan fingerprint density at radius 1 is 1.15 bits per heavy atom. The first-order valence-electron chi connectivity index (χ1n) is 9.35. The van der Waals surface area contributed by atoms with E-state index in [0.29, 0.717) is 38.6 Å². The molecule has 0 spiro atoms. The van der Waals surface area contributed by atoms with Crippen molar-refractivity contribution >= 4 is 17.3 Å². The number of morpholine rings is 1. The number of ether oxygens (including phenoxy) is 2. The van der Waals surface area contributed by atoms with E-state index in [0.717, 1.165) is 11.3 Å². The molecule has 6 nitrogen and oxygen atoms in total. The smallest absolute Gasteiger partial charge is 0.325 e. The Bertz CT molecular complexity index is 732. The largest absolute Gasteiger partial charge is 0.465 e. The number of nitrogens with zero attached hydrogens (tertiary/aromatic N) is 1. The Balaban J connectivity index is 1.98. The van der Waals surface area contributed by atoms with Crippen molar-refractivity contribution in [2.45, 2.75) is 19.0 Å². The topological polar surface area (TPSA) is 76.8 Å². The molecule has 1 fully saturated rings. The number of nitrogens with two attached hydrogens (primary N) is 1. The average molecular weight is 369 g/mol. The highest BCUT2D eigenvalue weighted by Gasteiger charge is 2.37. The Morgan fingerprint density at radius 3 is 2.48 bits per heavy atom. The van der Waals surface area contributed by atoms with Gasteiger partial charge in [-0.2, -0.15) is 0 Å². The van der Waals surface area contributed by atoms with E-state index in [-0.39, 0.29) is 12.0 Å². The number of para-hydroxylation sites is 2. The number of anilines is 2. The third kappa shape index (κ3) is 4.78. The summed E-state index contributed by atoms with van der Waals surface area (Å²) < 4.78 is 10.9. The van der Waals surface area contributed by atoms with Gasteiger partial charge in [-0.05, 0) is 24.6 Å². The fourth-order valence-corrected chi connectivity index (χ4v) is 3.38. The van der Waals surface area contributed by atoms with E-state index in [1.165, 1.54) is 0 Å². The maximum Gasteiger partial charge on any atom is 0.325 e. The summed E-state index contributed by atoms with van der Waals surface area (Å²) >= 11 is 0. The molecule has 1 aliphatic rings. The summed E-state index contributed by atoms with van der Waals surface area (Å²) in [7, 11) is 0. The number of hydrogen-bond acceptors (Lipinski definition) is 6. The van der Waals surface area contributed by atoms with Crippen LogP contribution in [0.15, 0.2) is 54.6 Å². The van der Waals surface area contributed by atoms with Gasteiger partial charge >= 0.3 is 5.97 Å². The van der Waals surface area contributed by atoms with Crippen LogP contribution in [0, 0.1) is 0 Å². The maximum atomic E-state index is 13.0. The second-order valence-electron chi connectivity index (χ2n) is 6.47. The first kappa shape index (κ1) is 19.2. The van der Waals surface area contributed by atoms with E-state index in [2.05, 4.69) is 10.2 Å². The normalized spacial score (nSPS) is 17.1. The van der Waals surface area contributed by atoms with Crippen LogP contribution >= 0.6 is 0 Å². The van der Waals surface area contributed by atoms with Crippen molar-refractivity contribution in [3.8, 4) is 0 Å². The van der Waals surface area contributed by atoms with Crippen LogP contribution in [0.2, 0.25) is 0 Å². The summed E-state index contributed by atoms with van der Waals surface area (Å²) in [6.07, 6.45) is 0. The van der Waals surface area contributed by atoms with Crippen LogP contribution in [-0.2, 0) is 14.3 Å². The van der Waals surface area contributed by atoms with Gasteiger partial charge in [-0.3, -0.25) is 9.69 Å². The summed E-state index contributed by atoms with van der Waals surface area (Å²) in [6, 6.07) is 16.8. The second kappa shape index (κ2) is 9.39. The zero-order valence-corrected chi connectivity index (χ0v) is 15.6. The van der Waals surface area contributed by atoms with Gasteiger partial charge in [0.15, 0.2) is 0 Å². The lowest BCUT2D eigenvalue weighted by molar-refractivity contribution is -0.152. The summed E-state index contributed by atoms with van der Waals surface area (Å²) in [5.41, 5.74) is 8.59. The minimum absolute atomic E-state index is 0.241. The average Bonchev–Trinajstić information content (AvgIpc) is 2.71. The van der Waals surface area contributed by atoms with Gasteiger partial charge in [-0.25, -0.2) is 0 Å². The minimum Gasteiger partial charge on any atom is -0.465 e. The fraction of sp³-hybridized carbons (Fsp3) is 0.381. The molecule has 3 N–H and O–H groups in total. The van der Waals surface area contributed by atoms with E-state index < -0.39 is 6.04 Å². The lowest BCUT2D eigenvalue weighted by atomic mass is 9.96. The van der Waals surface area contributed by atoms with E-state index in [1.807, 2.05) is 61.5 Å². The lowest BCUT2D eigenvalue weighted by Gasteiger charge is -2.38. The van der Waals surface area contributed by atoms with Gasteiger partial charge in [0, 0.05) is 13.1 Å². The quantitative estimate of drug-likeness (QED) is 0.577. The number of nitrogen functional groups attached to an aromatic ring is 1. The van der Waals surface area contributed by atoms with Crippen LogP contribution in [0.25, 0.3) is 0 Å². The van der Waals surface area contributed by atoms with E-state index >= 15 is 0 Å². The minimum atomic E-state index is -0.476. The fourth-order valence-electron chi connectivity index (χ4n) is 3.38. The highest BCUT2D eigenvalue weighted by Crippen LogP contribution is 2.30. The third-order valence-corrected chi connectivity index (χ3v) is 4.71. The van der Waals surface area contributed by atoms with Crippen molar-refractivity contribution in [2.75, 3.05) is 44.0 Å². The second-order valence-corrected chi connectivity index (χ2v) is 6.47. The summed E-state index contributed by atoms with van der Waals surface area (Å²) in [6.45, 7) is 4.73. The molecule has 3 rings (SSSR count). The van der Waals surface area contributed by atoms with Crippen molar-refractivity contribution in [3.63, 3.8) is 0 Å². The standard InChI is InChI=1S/C21H27N3O3/c1-2-27-21(25)20(24-12-14-26-15-13-24)19(16-8-4-3-5-9-16)23-18-11-7-6-10-17(18)22/h3-11,19-20,23H,2,12-15,22H2,1H3/t19-,20+/m0/s1. The van der Waals surface area contributed by atoms with Crippen molar-refractivity contribution in [1.82, 2.24) is 4.90 Å². The van der Waals surface area contributed by atoms with Crippen LogP contribution in [0.3, 0.4) is 0 Å². The van der Waals surface area contributed by atoms with Gasteiger partial charge in [0.25, 0.3) is 0 Å². The molecule has 0 amide bonds. The Morgan fingerprint density at radius 2 is 1.81 bits per heavy atom. The van der Waals surface area contributed by atoms with Crippen molar-refractivity contribution in [1.29, 1.82) is 0 Å². The van der Waals surface area contributed by atoms with Crippen LogP contribution in [0.4, 0.5) is 11.4 Å². The molecular formula is C21H27N3O3. The molecule has 1 heterocycles. The molecule has 6 heteroatoms. The number of rotatable bonds is 7. The van der Waals surface area contributed by atoms with Crippen molar-refractivity contribution < 1.29 is 14.3 Å². The van der Waals surface area contributed by atoms with Gasteiger partial charge in [0.05, 0.1) is 37.2 Å². The Kier molecular flexibility index (Phi) is 6.68. The summed E-state index contributed by atoms with van der Waals surface area (Å²) in [5.74, 6) is -0.241. The van der Waals surface area contributed by atoms with E-state index in [9.17, 15) is 4.79 Å². The highest BCUT2D eigenvalue weighted by molar-refractivity contribution is 5.79. The molecule has 0 aromatic heterocycles. The summed E-state index contributed by atoms with van der Waals surface area (Å²) in [4.78, 5) is 15.1. The number of esters is 1. The van der Waals surface area contributed by atoms with Crippen LogP contribution in [-0.4, -0.2) is 49.8 Å². The molecule has 27 heavy (non-hydrogen) atoms. The Labute approximate surface area is 160 Å². The Hall–Kier alpha value is -2.57. The number of carbonyl (C=O) groups excluding carboxylic acids is 1. The van der Waals surface area contributed by atoms with Crippen molar-refractivity contribution in [2.24, 2.45) is 0 Å². The van der Waals surface area contributed by atoms with Gasteiger partial charge in [0.2, 0.25) is 0 Å². The molecule has 0 radical (unpaired) electrons. The molecule has 0 unspecified atom stereocenters. The van der Waals surface area contributed by atoms with Gasteiger partial charge < -0.3 is 20.5 Å². The molecule has 2 atom stereocenters. The molecule has 0 saturated carbocycles. The first-order chi connectivity index (χ1) is 13.2. The zero-order valence-electron chi connectivity index (χ0n) is 15.6. The van der Waals surface area contributed by atoms with E-state index in [4.69, 9.17) is 15.2 Å². The number of carbonyl (C=O) groups is 1. The molecule has 1 saturated heterocycles. The number of benzene rings is 2. The van der Waals surface area contributed by atoms with Crippen molar-refractivity contribution in [3.05, 3.63) is 60.2 Å². The summed E-state index contributed by atoms with van der Waals surface area (Å²) in [5, 5.41) is 3.49. The molecular weight excluding hydrogens is 342 g/mol. The predicted molar refractivity (Wildman–Crippen MR) is 106 cm³/mol. The molecule has 144 valence electrons. The maximum absolute atomic E-state index is 13.0. The lowest BCUT2D eigenvalue weighted by Crippen LogP contribution is -2.52. The number of hydrogen-bond donors (Lipinski definition) is 2. The monoisotopic (exact) mass is 369 g/mol. The molecule has 0 aliphatic carbocycles.